The molecule has 1 unspecified atom stereocenters. The minimum atomic E-state index is -0.501. The number of aliphatic hydroxyl groups is 1. The van der Waals surface area contributed by atoms with Crippen molar-refractivity contribution < 1.29 is 9.84 Å². The molecule has 0 bridgehead atoms. The molecule has 2 aromatic carbocycles. The average molecular weight is 356 g/mol. The van der Waals surface area contributed by atoms with Gasteiger partial charge >= 0.3 is 0 Å². The zero-order valence-electron chi connectivity index (χ0n) is 16.8. The zero-order chi connectivity index (χ0) is 19.2. The second-order valence-electron chi connectivity index (χ2n) is 8.21. The summed E-state index contributed by atoms with van der Waals surface area (Å²) in [6, 6.07) is 20.8. The summed E-state index contributed by atoms with van der Waals surface area (Å²) < 4.78 is 6.25. The van der Waals surface area contributed by atoms with Crippen LogP contribution in [0.4, 0.5) is 0 Å². The molecule has 0 saturated carbocycles. The summed E-state index contributed by atoms with van der Waals surface area (Å²) in [4.78, 5) is 2.33. The summed E-state index contributed by atoms with van der Waals surface area (Å²) in [6.07, 6.45) is -0.125. The second kappa shape index (κ2) is 8.81. The van der Waals surface area contributed by atoms with Crippen LogP contribution in [0.15, 0.2) is 60.7 Å². The Kier molecular flexibility index (Phi) is 6.99. The molecule has 0 aliphatic rings. The van der Waals surface area contributed by atoms with Crippen LogP contribution in [0.5, 0.6) is 0 Å². The molecule has 0 saturated heterocycles. The minimum absolute atomic E-state index is 0.0317. The molecule has 142 valence electrons. The Morgan fingerprint density at radius 1 is 0.846 bits per heavy atom. The Bertz CT molecular complexity index is 609. The van der Waals surface area contributed by atoms with E-state index in [4.69, 9.17) is 4.74 Å². The lowest BCUT2D eigenvalue weighted by molar-refractivity contribution is -0.138. The van der Waals surface area contributed by atoms with Crippen molar-refractivity contribution in [2.24, 2.45) is 0 Å². The topological polar surface area (TPSA) is 32.7 Å². The molecule has 26 heavy (non-hydrogen) atoms. The molecule has 0 radical (unpaired) electrons. The Labute approximate surface area is 158 Å². The van der Waals surface area contributed by atoms with Gasteiger partial charge in [0.1, 0.15) is 0 Å². The van der Waals surface area contributed by atoms with E-state index in [1.165, 1.54) is 11.1 Å². The molecular formula is C23H33NO2. The molecule has 0 amide bonds. The smallest absolute Gasteiger partial charge is 0.0757 e. The van der Waals surface area contributed by atoms with Crippen molar-refractivity contribution in [3.8, 4) is 0 Å². The van der Waals surface area contributed by atoms with Crippen LogP contribution in [0.2, 0.25) is 0 Å². The van der Waals surface area contributed by atoms with E-state index in [2.05, 4.69) is 88.0 Å². The second-order valence-corrected chi connectivity index (χ2v) is 8.21. The SMILES string of the molecule is CC(OC(C)(C)C)[C@](C)(CO)N(Cc1ccccc1)Cc1ccccc1. The third-order valence-electron chi connectivity index (χ3n) is 4.88. The van der Waals surface area contributed by atoms with Crippen molar-refractivity contribution in [1.29, 1.82) is 0 Å². The highest BCUT2D eigenvalue weighted by molar-refractivity contribution is 5.18. The number of aliphatic hydroxyl groups excluding tert-OH is 1. The highest BCUT2D eigenvalue weighted by atomic mass is 16.5. The third-order valence-corrected chi connectivity index (χ3v) is 4.88. The van der Waals surface area contributed by atoms with Gasteiger partial charge in [-0.3, -0.25) is 4.90 Å². The quantitative estimate of drug-likeness (QED) is 0.748. The normalized spacial score (nSPS) is 15.7. The fraction of sp³-hybridized carbons (Fsp3) is 0.478. The van der Waals surface area contributed by atoms with Gasteiger partial charge in [0.15, 0.2) is 0 Å². The molecule has 0 fully saturated rings. The van der Waals surface area contributed by atoms with Gasteiger partial charge in [0, 0.05) is 13.1 Å². The van der Waals surface area contributed by atoms with E-state index < -0.39 is 5.54 Å². The molecule has 2 atom stereocenters. The molecule has 2 rings (SSSR count). The summed E-state index contributed by atoms with van der Waals surface area (Å²) in [5.74, 6) is 0. The lowest BCUT2D eigenvalue weighted by Crippen LogP contribution is -2.57. The maximum atomic E-state index is 10.4. The van der Waals surface area contributed by atoms with Crippen molar-refractivity contribution in [3.63, 3.8) is 0 Å². The predicted molar refractivity (Wildman–Crippen MR) is 108 cm³/mol. The molecule has 1 N–H and O–H groups in total. The lowest BCUT2D eigenvalue weighted by atomic mass is 9.92. The van der Waals surface area contributed by atoms with Crippen LogP contribution in [0.1, 0.15) is 45.7 Å². The Hall–Kier alpha value is -1.68. The number of hydrogen-bond donors (Lipinski definition) is 1. The number of nitrogens with zero attached hydrogens (tertiary/aromatic N) is 1. The summed E-state index contributed by atoms with van der Waals surface area (Å²) >= 11 is 0. The summed E-state index contributed by atoms with van der Waals surface area (Å²) in [7, 11) is 0. The van der Waals surface area contributed by atoms with Gasteiger partial charge in [0.25, 0.3) is 0 Å². The van der Waals surface area contributed by atoms with E-state index in [1.807, 2.05) is 12.1 Å². The first kappa shape index (κ1) is 20.6. The van der Waals surface area contributed by atoms with Crippen LogP contribution in [-0.2, 0) is 17.8 Å². The maximum absolute atomic E-state index is 10.4. The van der Waals surface area contributed by atoms with Gasteiger partial charge < -0.3 is 9.84 Å². The number of ether oxygens (including phenoxy) is 1. The van der Waals surface area contributed by atoms with Crippen molar-refractivity contribution in [1.82, 2.24) is 4.90 Å². The fourth-order valence-corrected chi connectivity index (χ4v) is 3.17. The number of rotatable bonds is 8. The molecular weight excluding hydrogens is 322 g/mol. The van der Waals surface area contributed by atoms with Crippen molar-refractivity contribution in [2.75, 3.05) is 6.61 Å². The van der Waals surface area contributed by atoms with Gasteiger partial charge in [0.05, 0.1) is 23.9 Å². The molecule has 0 aliphatic carbocycles. The average Bonchev–Trinajstić information content (AvgIpc) is 2.61. The monoisotopic (exact) mass is 355 g/mol. The van der Waals surface area contributed by atoms with Crippen LogP contribution >= 0.6 is 0 Å². The van der Waals surface area contributed by atoms with Crippen LogP contribution in [0, 0.1) is 0 Å². The molecule has 3 nitrogen and oxygen atoms in total. The van der Waals surface area contributed by atoms with Crippen molar-refractivity contribution in [3.05, 3.63) is 71.8 Å². The summed E-state index contributed by atoms with van der Waals surface area (Å²) in [5, 5.41) is 10.4. The van der Waals surface area contributed by atoms with Gasteiger partial charge in [-0.25, -0.2) is 0 Å². The zero-order valence-corrected chi connectivity index (χ0v) is 16.8. The van der Waals surface area contributed by atoms with Gasteiger partial charge in [-0.1, -0.05) is 60.7 Å². The predicted octanol–water partition coefficient (Wildman–Crippen LogP) is 4.64. The van der Waals surface area contributed by atoms with Gasteiger partial charge in [0.2, 0.25) is 0 Å². The third kappa shape index (κ3) is 5.66. The summed E-state index contributed by atoms with van der Waals surface area (Å²) in [5.41, 5.74) is 1.69. The molecule has 0 spiro atoms. The standard InChI is InChI=1S/C23H33NO2/c1-19(26-22(2,3)4)23(5,18-25)24(16-20-12-8-6-9-13-20)17-21-14-10-7-11-15-21/h6-15,19,25H,16-18H2,1-5H3/t19?,23-/m0/s1. The van der Waals surface area contributed by atoms with Crippen molar-refractivity contribution >= 4 is 0 Å². The number of benzene rings is 2. The van der Waals surface area contributed by atoms with Crippen molar-refractivity contribution in [2.45, 2.75) is 65.0 Å². The van der Waals surface area contributed by atoms with E-state index in [0.717, 1.165) is 13.1 Å². The highest BCUT2D eigenvalue weighted by Gasteiger charge is 2.39. The molecule has 3 heteroatoms. The molecule has 0 aliphatic heterocycles. The maximum Gasteiger partial charge on any atom is 0.0757 e. The van der Waals surface area contributed by atoms with E-state index >= 15 is 0 Å². The lowest BCUT2D eigenvalue weighted by Gasteiger charge is -2.46. The van der Waals surface area contributed by atoms with E-state index in [-0.39, 0.29) is 18.3 Å². The highest BCUT2D eigenvalue weighted by Crippen LogP contribution is 2.29. The van der Waals surface area contributed by atoms with Crippen LogP contribution in [0.3, 0.4) is 0 Å². The van der Waals surface area contributed by atoms with Crippen LogP contribution < -0.4 is 0 Å². The molecule has 0 heterocycles. The first-order chi connectivity index (χ1) is 12.2. The van der Waals surface area contributed by atoms with E-state index in [1.54, 1.807) is 0 Å². The van der Waals surface area contributed by atoms with Crippen LogP contribution in [0.25, 0.3) is 0 Å². The molecule has 2 aromatic rings. The first-order valence-corrected chi connectivity index (χ1v) is 9.36. The summed E-state index contributed by atoms with van der Waals surface area (Å²) in [6.45, 7) is 11.9. The van der Waals surface area contributed by atoms with Gasteiger partial charge in [-0.2, -0.15) is 0 Å². The molecule has 0 aromatic heterocycles. The van der Waals surface area contributed by atoms with E-state index in [0.29, 0.717) is 0 Å². The largest absolute Gasteiger partial charge is 0.394 e. The van der Waals surface area contributed by atoms with Crippen LogP contribution in [-0.4, -0.2) is 33.9 Å². The van der Waals surface area contributed by atoms with Gasteiger partial charge in [-0.15, -0.1) is 0 Å². The number of hydrogen-bond acceptors (Lipinski definition) is 3. The Morgan fingerprint density at radius 2 is 1.27 bits per heavy atom. The van der Waals surface area contributed by atoms with E-state index in [9.17, 15) is 5.11 Å². The minimum Gasteiger partial charge on any atom is -0.394 e. The first-order valence-electron chi connectivity index (χ1n) is 9.36. The fourth-order valence-electron chi connectivity index (χ4n) is 3.17. The van der Waals surface area contributed by atoms with Gasteiger partial charge in [-0.05, 0) is 45.7 Å². The Balaban J connectivity index is 2.32. The Morgan fingerprint density at radius 3 is 1.62 bits per heavy atom.